The summed E-state index contributed by atoms with van der Waals surface area (Å²) >= 11 is 3.40. The summed E-state index contributed by atoms with van der Waals surface area (Å²) in [6, 6.07) is 7.67. The van der Waals surface area contributed by atoms with Crippen LogP contribution < -0.4 is 0 Å². The second-order valence-corrected chi connectivity index (χ2v) is 5.19. The molecule has 4 nitrogen and oxygen atoms in total. The summed E-state index contributed by atoms with van der Waals surface area (Å²) < 4.78 is 0.988. The zero-order valence-corrected chi connectivity index (χ0v) is 10.6. The number of benzene rings is 1. The van der Waals surface area contributed by atoms with Crippen molar-refractivity contribution in [2.75, 3.05) is 13.1 Å². The quantitative estimate of drug-likeness (QED) is 0.842. The fraction of sp³-hybridized carbons (Fsp3) is 0.250. The number of hydrogen-bond acceptors (Lipinski definition) is 2. The van der Waals surface area contributed by atoms with Crippen LogP contribution in [-0.4, -0.2) is 40.1 Å². The number of likely N-dealkylation sites (tertiary alicyclic amines) is 1. The van der Waals surface area contributed by atoms with Gasteiger partial charge in [-0.05, 0) is 24.3 Å². The Bertz CT molecular complexity index is 587. The van der Waals surface area contributed by atoms with E-state index >= 15 is 0 Å². The molecule has 0 bridgehead atoms. The van der Waals surface area contributed by atoms with Gasteiger partial charge >= 0.3 is 0 Å². The number of aliphatic hydroxyl groups excluding tert-OH is 1. The lowest BCUT2D eigenvalue weighted by atomic mass is 10.1. The third-order valence-electron chi connectivity index (χ3n) is 2.96. The van der Waals surface area contributed by atoms with Crippen molar-refractivity contribution < 1.29 is 9.90 Å². The van der Waals surface area contributed by atoms with Crippen molar-refractivity contribution in [1.29, 1.82) is 0 Å². The second kappa shape index (κ2) is 3.85. The summed E-state index contributed by atoms with van der Waals surface area (Å²) in [4.78, 5) is 16.7. The maximum atomic E-state index is 12.0. The fourth-order valence-corrected chi connectivity index (χ4v) is 2.39. The van der Waals surface area contributed by atoms with E-state index in [4.69, 9.17) is 0 Å². The van der Waals surface area contributed by atoms with Gasteiger partial charge in [-0.3, -0.25) is 4.79 Å². The number of nitrogens with one attached hydrogen (secondary N) is 1. The molecule has 0 spiro atoms. The molecule has 1 aliphatic rings. The van der Waals surface area contributed by atoms with E-state index in [1.807, 2.05) is 24.3 Å². The molecule has 17 heavy (non-hydrogen) atoms. The van der Waals surface area contributed by atoms with Crippen LogP contribution in [0, 0.1) is 0 Å². The van der Waals surface area contributed by atoms with Gasteiger partial charge in [0.1, 0.15) is 5.69 Å². The average Bonchev–Trinajstić information content (AvgIpc) is 2.66. The summed E-state index contributed by atoms with van der Waals surface area (Å²) in [7, 11) is 0. The molecule has 1 fully saturated rings. The Balaban J connectivity index is 1.93. The van der Waals surface area contributed by atoms with E-state index in [9.17, 15) is 9.90 Å². The fourth-order valence-electron chi connectivity index (χ4n) is 2.01. The number of nitrogens with zero attached hydrogens (tertiary/aromatic N) is 1. The number of hydrogen-bond donors (Lipinski definition) is 2. The minimum Gasteiger partial charge on any atom is -0.389 e. The number of β-amino-alcohol motifs (C(OH)–C–C–N with tert-alkyl or cyclic N) is 1. The maximum Gasteiger partial charge on any atom is 0.270 e. The summed E-state index contributed by atoms with van der Waals surface area (Å²) in [6.45, 7) is 0.857. The van der Waals surface area contributed by atoms with Gasteiger partial charge in [-0.15, -0.1) is 0 Å². The van der Waals surface area contributed by atoms with Crippen molar-refractivity contribution in [3.05, 3.63) is 34.4 Å². The number of halogens is 1. The zero-order chi connectivity index (χ0) is 12.0. The number of aliphatic hydroxyl groups is 1. The van der Waals surface area contributed by atoms with Crippen molar-refractivity contribution in [3.63, 3.8) is 0 Å². The van der Waals surface area contributed by atoms with Gasteiger partial charge in [0.25, 0.3) is 5.91 Å². The van der Waals surface area contributed by atoms with Crippen molar-refractivity contribution in [1.82, 2.24) is 9.88 Å². The minimum absolute atomic E-state index is 0.0531. The summed E-state index contributed by atoms with van der Waals surface area (Å²) in [5, 5.41) is 10.2. The highest BCUT2D eigenvalue weighted by Gasteiger charge is 2.30. The Morgan fingerprint density at radius 1 is 1.41 bits per heavy atom. The lowest BCUT2D eigenvalue weighted by molar-refractivity contribution is 0.00557. The molecule has 5 heteroatoms. The summed E-state index contributed by atoms with van der Waals surface area (Å²) in [6.07, 6.45) is -0.363. The summed E-state index contributed by atoms with van der Waals surface area (Å²) in [5.74, 6) is -0.0531. The molecule has 2 aromatic rings. The zero-order valence-electron chi connectivity index (χ0n) is 8.98. The molecule has 0 atom stereocenters. The maximum absolute atomic E-state index is 12.0. The number of amides is 1. The van der Waals surface area contributed by atoms with Crippen LogP contribution >= 0.6 is 15.9 Å². The van der Waals surface area contributed by atoms with E-state index in [0.717, 1.165) is 15.4 Å². The Hall–Kier alpha value is -1.33. The molecule has 1 aromatic heterocycles. The smallest absolute Gasteiger partial charge is 0.270 e. The first kappa shape index (κ1) is 10.8. The Labute approximate surface area is 106 Å². The third-order valence-corrected chi connectivity index (χ3v) is 3.46. The van der Waals surface area contributed by atoms with E-state index < -0.39 is 0 Å². The van der Waals surface area contributed by atoms with E-state index in [2.05, 4.69) is 20.9 Å². The molecule has 0 radical (unpaired) electrons. The molecule has 3 rings (SSSR count). The van der Waals surface area contributed by atoms with Gasteiger partial charge < -0.3 is 15.0 Å². The van der Waals surface area contributed by atoms with Crippen LogP contribution in [0.2, 0.25) is 0 Å². The Morgan fingerprint density at radius 2 is 2.18 bits per heavy atom. The first-order chi connectivity index (χ1) is 8.13. The van der Waals surface area contributed by atoms with E-state index in [-0.39, 0.29) is 12.0 Å². The van der Waals surface area contributed by atoms with Crippen LogP contribution in [0.3, 0.4) is 0 Å². The number of carbonyl (C=O) groups excluding carboxylic acids is 1. The third kappa shape index (κ3) is 1.85. The number of rotatable bonds is 1. The highest BCUT2D eigenvalue weighted by molar-refractivity contribution is 9.10. The first-order valence-corrected chi connectivity index (χ1v) is 6.18. The predicted octanol–water partition coefficient (Wildman–Crippen LogP) is 1.75. The van der Waals surface area contributed by atoms with Gasteiger partial charge in [0, 0.05) is 28.5 Å². The van der Waals surface area contributed by atoms with E-state index in [1.54, 1.807) is 4.90 Å². The standard InChI is InChI=1S/C12H11BrN2O2/c13-8-1-2-10-7(3-8)4-11(14-10)12(17)15-5-9(16)6-15/h1-4,9,14,16H,5-6H2. The van der Waals surface area contributed by atoms with Crippen molar-refractivity contribution >= 4 is 32.7 Å². The van der Waals surface area contributed by atoms with E-state index in [1.165, 1.54) is 0 Å². The van der Waals surface area contributed by atoms with Gasteiger partial charge in [-0.2, -0.15) is 0 Å². The average molecular weight is 295 g/mol. The molecule has 1 aliphatic heterocycles. The van der Waals surface area contributed by atoms with Crippen molar-refractivity contribution in [3.8, 4) is 0 Å². The number of fused-ring (bicyclic) bond motifs is 1. The highest BCUT2D eigenvalue weighted by atomic mass is 79.9. The molecule has 0 unspecified atom stereocenters. The van der Waals surface area contributed by atoms with Crippen LogP contribution in [0.25, 0.3) is 10.9 Å². The van der Waals surface area contributed by atoms with Gasteiger partial charge in [-0.1, -0.05) is 15.9 Å². The molecular formula is C12H11BrN2O2. The molecule has 1 saturated heterocycles. The molecule has 0 saturated carbocycles. The molecule has 1 aromatic carbocycles. The highest BCUT2D eigenvalue weighted by Crippen LogP contribution is 2.22. The number of aromatic amines is 1. The van der Waals surface area contributed by atoms with Crippen molar-refractivity contribution in [2.45, 2.75) is 6.10 Å². The lowest BCUT2D eigenvalue weighted by Gasteiger charge is -2.35. The largest absolute Gasteiger partial charge is 0.389 e. The lowest BCUT2D eigenvalue weighted by Crippen LogP contribution is -2.53. The van der Waals surface area contributed by atoms with Crippen LogP contribution in [-0.2, 0) is 0 Å². The van der Waals surface area contributed by atoms with Crippen LogP contribution in [0.15, 0.2) is 28.7 Å². The SMILES string of the molecule is O=C(c1cc2cc(Br)ccc2[nH]1)N1CC(O)C1. The summed E-state index contributed by atoms with van der Waals surface area (Å²) in [5.41, 5.74) is 1.52. The molecule has 0 aliphatic carbocycles. The minimum atomic E-state index is -0.363. The van der Waals surface area contributed by atoms with Crippen LogP contribution in [0.4, 0.5) is 0 Å². The first-order valence-electron chi connectivity index (χ1n) is 5.39. The number of carbonyl (C=O) groups is 1. The monoisotopic (exact) mass is 294 g/mol. The molecule has 88 valence electrons. The van der Waals surface area contributed by atoms with Gasteiger partial charge in [0.2, 0.25) is 0 Å². The van der Waals surface area contributed by atoms with Crippen LogP contribution in [0.5, 0.6) is 0 Å². The topological polar surface area (TPSA) is 56.3 Å². The van der Waals surface area contributed by atoms with Gasteiger partial charge in [0.05, 0.1) is 6.10 Å². The van der Waals surface area contributed by atoms with Gasteiger partial charge in [-0.25, -0.2) is 0 Å². The Kier molecular flexibility index (Phi) is 2.45. The molecule has 1 amide bonds. The molecule has 2 heterocycles. The van der Waals surface area contributed by atoms with Crippen LogP contribution in [0.1, 0.15) is 10.5 Å². The normalized spacial score (nSPS) is 16.2. The molecule has 2 N–H and O–H groups in total. The number of aromatic nitrogens is 1. The van der Waals surface area contributed by atoms with E-state index in [0.29, 0.717) is 18.8 Å². The molecular weight excluding hydrogens is 284 g/mol. The Morgan fingerprint density at radius 3 is 2.88 bits per heavy atom. The van der Waals surface area contributed by atoms with Gasteiger partial charge in [0.15, 0.2) is 0 Å². The van der Waals surface area contributed by atoms with Crippen molar-refractivity contribution in [2.24, 2.45) is 0 Å². The second-order valence-electron chi connectivity index (χ2n) is 4.28. The predicted molar refractivity (Wildman–Crippen MR) is 67.9 cm³/mol. The number of H-pyrrole nitrogens is 1.